The van der Waals surface area contributed by atoms with Gasteiger partial charge in [-0.1, -0.05) is 26.8 Å². The van der Waals surface area contributed by atoms with Crippen molar-refractivity contribution in [3.05, 3.63) is 29.3 Å². The summed E-state index contributed by atoms with van der Waals surface area (Å²) in [6.07, 6.45) is 1.15. The Morgan fingerprint density at radius 3 is 2.68 bits per heavy atom. The molecule has 0 heterocycles. The first-order valence-corrected chi connectivity index (χ1v) is 7.11. The van der Waals surface area contributed by atoms with Crippen LogP contribution in [0, 0.1) is 5.92 Å². The zero-order valence-corrected chi connectivity index (χ0v) is 12.7. The van der Waals surface area contributed by atoms with Crippen LogP contribution in [0.4, 0.5) is 0 Å². The molecule has 0 aromatic heterocycles. The molecule has 0 spiro atoms. The zero-order valence-electron chi connectivity index (χ0n) is 12.7. The maximum absolute atomic E-state index is 5.70. The van der Waals surface area contributed by atoms with E-state index >= 15 is 0 Å². The van der Waals surface area contributed by atoms with E-state index in [1.807, 2.05) is 6.07 Å². The Balaban J connectivity index is 2.61. The molecule has 1 aromatic carbocycles. The first-order valence-electron chi connectivity index (χ1n) is 7.11. The molecule has 0 fully saturated rings. The fourth-order valence-corrected chi connectivity index (χ4v) is 1.87. The number of hydrogen-bond acceptors (Lipinski definition) is 3. The van der Waals surface area contributed by atoms with Crippen LogP contribution in [0.5, 0.6) is 5.75 Å². The summed E-state index contributed by atoms with van der Waals surface area (Å²) in [5, 5.41) is 3.41. The molecule has 0 saturated heterocycles. The van der Waals surface area contributed by atoms with Gasteiger partial charge in [0.05, 0.1) is 13.7 Å². The summed E-state index contributed by atoms with van der Waals surface area (Å²) in [5.74, 6) is 1.46. The number of benzene rings is 1. The smallest absolute Gasteiger partial charge is 0.124 e. The molecule has 0 aliphatic carbocycles. The lowest BCUT2D eigenvalue weighted by Gasteiger charge is -2.13. The monoisotopic (exact) mass is 265 g/mol. The van der Waals surface area contributed by atoms with Crippen LogP contribution in [0.3, 0.4) is 0 Å². The first-order chi connectivity index (χ1) is 9.17. The van der Waals surface area contributed by atoms with Gasteiger partial charge < -0.3 is 14.8 Å². The van der Waals surface area contributed by atoms with Gasteiger partial charge in [0.2, 0.25) is 0 Å². The van der Waals surface area contributed by atoms with E-state index in [-0.39, 0.29) is 0 Å². The molecule has 3 nitrogen and oxygen atoms in total. The van der Waals surface area contributed by atoms with E-state index in [4.69, 9.17) is 9.47 Å². The number of ether oxygens (including phenoxy) is 2. The Hall–Kier alpha value is -1.06. The minimum atomic E-state index is 0.556. The topological polar surface area (TPSA) is 30.5 Å². The van der Waals surface area contributed by atoms with Gasteiger partial charge in [-0.2, -0.15) is 0 Å². The molecule has 19 heavy (non-hydrogen) atoms. The van der Waals surface area contributed by atoms with E-state index in [0.29, 0.717) is 12.5 Å². The molecule has 1 N–H and O–H groups in total. The second-order valence-electron chi connectivity index (χ2n) is 5.23. The fourth-order valence-electron chi connectivity index (χ4n) is 1.87. The highest BCUT2D eigenvalue weighted by Gasteiger charge is 2.05. The van der Waals surface area contributed by atoms with Crippen molar-refractivity contribution in [1.29, 1.82) is 0 Å². The molecule has 0 aliphatic rings. The second kappa shape index (κ2) is 8.94. The van der Waals surface area contributed by atoms with Gasteiger partial charge in [-0.05, 0) is 36.6 Å². The maximum atomic E-state index is 5.70. The maximum Gasteiger partial charge on any atom is 0.124 e. The van der Waals surface area contributed by atoms with Gasteiger partial charge in [-0.3, -0.25) is 0 Å². The third kappa shape index (κ3) is 6.08. The molecule has 0 radical (unpaired) electrons. The second-order valence-corrected chi connectivity index (χ2v) is 5.23. The number of methoxy groups -OCH3 is 1. The molecule has 0 atom stereocenters. The van der Waals surface area contributed by atoms with Crippen LogP contribution in [0.1, 0.15) is 38.3 Å². The summed E-state index contributed by atoms with van der Waals surface area (Å²) < 4.78 is 11.1. The van der Waals surface area contributed by atoms with Crippen LogP contribution >= 0.6 is 0 Å². The number of nitrogens with one attached hydrogen (secondary N) is 1. The van der Waals surface area contributed by atoms with Crippen LogP contribution < -0.4 is 10.1 Å². The van der Waals surface area contributed by atoms with Gasteiger partial charge in [0.15, 0.2) is 0 Å². The minimum Gasteiger partial charge on any atom is -0.496 e. The van der Waals surface area contributed by atoms with Crippen molar-refractivity contribution in [3.63, 3.8) is 0 Å². The molecule has 0 bridgehead atoms. The molecular weight excluding hydrogens is 238 g/mol. The van der Waals surface area contributed by atoms with Crippen LogP contribution in [0.2, 0.25) is 0 Å². The molecule has 0 aliphatic heterocycles. The van der Waals surface area contributed by atoms with Crippen molar-refractivity contribution in [2.24, 2.45) is 5.92 Å². The van der Waals surface area contributed by atoms with Crippen LogP contribution in [0.25, 0.3) is 0 Å². The van der Waals surface area contributed by atoms with Crippen molar-refractivity contribution < 1.29 is 9.47 Å². The molecule has 1 aromatic rings. The van der Waals surface area contributed by atoms with Crippen molar-refractivity contribution >= 4 is 0 Å². The number of hydrogen-bond donors (Lipinski definition) is 1. The average Bonchev–Trinajstić information content (AvgIpc) is 2.39. The Kier molecular flexibility index (Phi) is 7.53. The Bertz CT molecular complexity index is 364. The van der Waals surface area contributed by atoms with E-state index in [2.05, 4.69) is 38.2 Å². The van der Waals surface area contributed by atoms with Gasteiger partial charge in [-0.15, -0.1) is 0 Å². The predicted molar refractivity (Wildman–Crippen MR) is 79.5 cm³/mol. The highest BCUT2D eigenvalue weighted by Crippen LogP contribution is 2.21. The van der Waals surface area contributed by atoms with Gasteiger partial charge in [0.25, 0.3) is 0 Å². The normalized spacial score (nSPS) is 11.0. The van der Waals surface area contributed by atoms with Crippen LogP contribution in [-0.2, 0) is 17.9 Å². The molecule has 0 amide bonds. The van der Waals surface area contributed by atoms with Gasteiger partial charge in [0, 0.05) is 18.7 Å². The zero-order chi connectivity index (χ0) is 14.1. The van der Waals surface area contributed by atoms with Crippen molar-refractivity contribution in [1.82, 2.24) is 5.32 Å². The molecule has 0 unspecified atom stereocenters. The Morgan fingerprint density at radius 1 is 1.26 bits per heavy atom. The number of rotatable bonds is 9. The van der Waals surface area contributed by atoms with Crippen molar-refractivity contribution in [3.8, 4) is 5.75 Å². The third-order valence-corrected chi connectivity index (χ3v) is 2.81. The SMILES string of the molecule is CCCNCc1ccc(OC)c(COCC(C)C)c1. The van der Waals surface area contributed by atoms with Gasteiger partial charge in [0.1, 0.15) is 5.75 Å². The van der Waals surface area contributed by atoms with Crippen molar-refractivity contribution in [2.75, 3.05) is 20.3 Å². The highest BCUT2D eigenvalue weighted by molar-refractivity contribution is 5.36. The largest absolute Gasteiger partial charge is 0.496 e. The van der Waals surface area contributed by atoms with E-state index in [1.165, 1.54) is 5.56 Å². The summed E-state index contributed by atoms with van der Waals surface area (Å²) in [6, 6.07) is 6.30. The van der Waals surface area contributed by atoms with Gasteiger partial charge >= 0.3 is 0 Å². The molecular formula is C16H27NO2. The van der Waals surface area contributed by atoms with E-state index in [9.17, 15) is 0 Å². The average molecular weight is 265 g/mol. The summed E-state index contributed by atoms with van der Waals surface area (Å²) in [6.45, 7) is 9.82. The van der Waals surface area contributed by atoms with Crippen LogP contribution in [0.15, 0.2) is 18.2 Å². The standard InChI is InChI=1S/C16H27NO2/c1-5-8-17-10-14-6-7-16(18-4)15(9-14)12-19-11-13(2)3/h6-7,9,13,17H,5,8,10-12H2,1-4H3. The Labute approximate surface area is 117 Å². The van der Waals surface area contributed by atoms with E-state index < -0.39 is 0 Å². The first kappa shape index (κ1) is 16.0. The fraction of sp³-hybridized carbons (Fsp3) is 0.625. The third-order valence-electron chi connectivity index (χ3n) is 2.81. The summed E-state index contributed by atoms with van der Waals surface area (Å²) in [4.78, 5) is 0. The summed E-state index contributed by atoms with van der Waals surface area (Å²) >= 11 is 0. The van der Waals surface area contributed by atoms with E-state index in [1.54, 1.807) is 7.11 Å². The summed E-state index contributed by atoms with van der Waals surface area (Å²) in [7, 11) is 1.70. The molecule has 1 rings (SSSR count). The lowest BCUT2D eigenvalue weighted by atomic mass is 10.1. The van der Waals surface area contributed by atoms with Crippen molar-refractivity contribution in [2.45, 2.75) is 40.3 Å². The quantitative estimate of drug-likeness (QED) is 0.694. The molecule has 108 valence electrons. The predicted octanol–water partition coefficient (Wildman–Crippen LogP) is 3.37. The lowest BCUT2D eigenvalue weighted by molar-refractivity contribution is 0.0955. The minimum absolute atomic E-state index is 0.556. The highest BCUT2D eigenvalue weighted by atomic mass is 16.5. The van der Waals surface area contributed by atoms with Gasteiger partial charge in [-0.25, -0.2) is 0 Å². The molecule has 3 heteroatoms. The molecule has 0 saturated carbocycles. The summed E-state index contributed by atoms with van der Waals surface area (Å²) in [5.41, 5.74) is 2.40. The van der Waals surface area contributed by atoms with E-state index in [0.717, 1.165) is 37.4 Å². The Morgan fingerprint density at radius 2 is 2.05 bits per heavy atom. The van der Waals surface area contributed by atoms with Crippen LogP contribution in [-0.4, -0.2) is 20.3 Å². The lowest BCUT2D eigenvalue weighted by Crippen LogP contribution is -2.14.